The molecule has 3 nitrogen and oxygen atoms in total. The van der Waals surface area contributed by atoms with Gasteiger partial charge in [-0.15, -0.1) is 22.9 Å². The normalized spacial score (nSPS) is 15.6. The number of rotatable bonds is 3. The second kappa shape index (κ2) is 5.99. The van der Waals surface area contributed by atoms with Crippen molar-refractivity contribution in [1.29, 1.82) is 0 Å². The van der Waals surface area contributed by atoms with E-state index in [1.54, 1.807) is 16.4 Å². The topological polar surface area (TPSA) is 37.4 Å². The van der Waals surface area contributed by atoms with Crippen LogP contribution in [0.25, 0.3) is 0 Å². The number of hydrogen-bond acceptors (Lipinski definition) is 3. The highest BCUT2D eigenvalue weighted by Gasteiger charge is 2.29. The van der Waals surface area contributed by atoms with Crippen LogP contribution < -0.4 is 4.31 Å². The van der Waals surface area contributed by atoms with Crippen LogP contribution in [0.15, 0.2) is 40.6 Å². The van der Waals surface area contributed by atoms with Crippen LogP contribution >= 0.6 is 22.9 Å². The molecule has 1 aliphatic rings. The highest BCUT2D eigenvalue weighted by molar-refractivity contribution is 7.94. The second-order valence-corrected chi connectivity index (χ2v) is 8.54. The Morgan fingerprint density at radius 1 is 1.14 bits per heavy atom. The van der Waals surface area contributed by atoms with E-state index >= 15 is 0 Å². The summed E-state index contributed by atoms with van der Waals surface area (Å²) in [5.41, 5.74) is 1.92. The van der Waals surface area contributed by atoms with E-state index < -0.39 is 10.0 Å². The molecule has 0 spiro atoms. The van der Waals surface area contributed by atoms with Crippen molar-refractivity contribution in [3.05, 3.63) is 46.8 Å². The van der Waals surface area contributed by atoms with Gasteiger partial charge in [0.1, 0.15) is 4.21 Å². The molecular weight excluding hydrogens is 326 g/mol. The monoisotopic (exact) mass is 341 g/mol. The highest BCUT2D eigenvalue weighted by Crippen LogP contribution is 2.33. The number of nitrogens with zero attached hydrogens (tertiary/aromatic N) is 1. The lowest BCUT2D eigenvalue weighted by Crippen LogP contribution is -2.31. The summed E-state index contributed by atoms with van der Waals surface area (Å²) in [6, 6.07) is 11.2. The Balaban J connectivity index is 2.06. The molecule has 0 amide bonds. The fraction of sp³-hybridized carbons (Fsp3) is 0.333. The lowest BCUT2D eigenvalue weighted by Gasteiger charge is -2.23. The molecule has 0 saturated carbocycles. The van der Waals surface area contributed by atoms with Crippen molar-refractivity contribution < 1.29 is 8.42 Å². The number of para-hydroxylation sites is 1. The van der Waals surface area contributed by atoms with Crippen LogP contribution in [0.3, 0.4) is 0 Å². The average Bonchev–Trinajstić information content (AvgIpc) is 2.87. The first-order valence-electron chi connectivity index (χ1n) is 6.88. The molecule has 0 radical (unpaired) electrons. The van der Waals surface area contributed by atoms with E-state index in [0.29, 0.717) is 16.6 Å². The summed E-state index contributed by atoms with van der Waals surface area (Å²) in [5, 5.41) is 0. The molecule has 2 heterocycles. The Morgan fingerprint density at radius 2 is 1.95 bits per heavy atom. The summed E-state index contributed by atoms with van der Waals surface area (Å²) in [6.07, 6.45) is 2.82. The first-order chi connectivity index (χ1) is 10.1. The number of fused-ring (bicyclic) bond motifs is 1. The van der Waals surface area contributed by atoms with Crippen molar-refractivity contribution in [1.82, 2.24) is 0 Å². The van der Waals surface area contributed by atoms with Crippen LogP contribution in [-0.4, -0.2) is 15.0 Å². The number of aryl methyl sites for hydroxylation is 1. The summed E-state index contributed by atoms with van der Waals surface area (Å²) < 4.78 is 27.8. The van der Waals surface area contributed by atoms with Crippen LogP contribution in [0, 0.1) is 0 Å². The first-order valence-corrected chi connectivity index (χ1v) is 9.67. The third-order valence-electron chi connectivity index (χ3n) is 3.63. The maximum Gasteiger partial charge on any atom is 0.273 e. The third-order valence-corrected chi connectivity index (χ3v) is 7.44. The molecule has 3 rings (SSSR count). The number of halogens is 1. The van der Waals surface area contributed by atoms with Crippen molar-refractivity contribution in [3.8, 4) is 0 Å². The van der Waals surface area contributed by atoms with Crippen LogP contribution in [-0.2, 0) is 22.3 Å². The molecule has 21 heavy (non-hydrogen) atoms. The zero-order chi connectivity index (χ0) is 14.9. The van der Waals surface area contributed by atoms with Gasteiger partial charge in [-0.3, -0.25) is 4.31 Å². The van der Waals surface area contributed by atoms with Crippen molar-refractivity contribution in [2.24, 2.45) is 0 Å². The minimum atomic E-state index is -3.49. The molecule has 0 aliphatic carbocycles. The summed E-state index contributed by atoms with van der Waals surface area (Å²) in [4.78, 5) is 0.873. The van der Waals surface area contributed by atoms with E-state index in [4.69, 9.17) is 11.6 Å². The SMILES string of the molecule is O=S(=O)(c1ccc(CCl)s1)N1CCCCc2ccccc21. The lowest BCUT2D eigenvalue weighted by atomic mass is 10.1. The Kier molecular flexibility index (Phi) is 4.24. The fourth-order valence-corrected chi connectivity index (χ4v) is 5.70. The van der Waals surface area contributed by atoms with E-state index in [9.17, 15) is 8.42 Å². The summed E-state index contributed by atoms with van der Waals surface area (Å²) in [7, 11) is -3.49. The quantitative estimate of drug-likeness (QED) is 0.791. The van der Waals surface area contributed by atoms with Crippen LogP contribution in [0.4, 0.5) is 5.69 Å². The Hall–Kier alpha value is -1.04. The number of anilines is 1. The molecule has 0 fully saturated rings. The van der Waals surface area contributed by atoms with Crippen LogP contribution in [0.5, 0.6) is 0 Å². The number of benzene rings is 1. The largest absolute Gasteiger partial charge is 0.273 e. The van der Waals surface area contributed by atoms with Crippen molar-refractivity contribution >= 4 is 38.6 Å². The number of hydrogen-bond donors (Lipinski definition) is 0. The molecule has 1 aromatic heterocycles. The van der Waals surface area contributed by atoms with Gasteiger partial charge in [-0.2, -0.15) is 0 Å². The molecule has 0 N–H and O–H groups in total. The maximum absolute atomic E-state index is 12.9. The number of sulfonamides is 1. The predicted molar refractivity (Wildman–Crippen MR) is 87.8 cm³/mol. The molecule has 112 valence electrons. The van der Waals surface area contributed by atoms with Crippen molar-refractivity contribution in [2.45, 2.75) is 29.4 Å². The molecular formula is C15H16ClNO2S2. The van der Waals surface area contributed by atoms with E-state index in [1.807, 2.05) is 24.3 Å². The van der Waals surface area contributed by atoms with Gasteiger partial charge in [-0.05, 0) is 43.0 Å². The Morgan fingerprint density at radius 3 is 2.71 bits per heavy atom. The standard InChI is InChI=1S/C15H16ClNO2S2/c16-11-13-8-9-15(20-13)21(18,19)17-10-4-3-6-12-5-1-2-7-14(12)17/h1-2,5,7-9H,3-4,6,10-11H2. The van der Waals surface area contributed by atoms with Gasteiger partial charge in [-0.25, -0.2) is 8.42 Å². The molecule has 0 unspecified atom stereocenters. The zero-order valence-corrected chi connectivity index (χ0v) is 13.8. The van der Waals surface area contributed by atoms with Gasteiger partial charge in [0.25, 0.3) is 10.0 Å². The highest BCUT2D eigenvalue weighted by atomic mass is 35.5. The van der Waals surface area contributed by atoms with Gasteiger partial charge in [0.15, 0.2) is 0 Å². The third kappa shape index (κ3) is 2.82. The molecule has 2 aromatic rings. The summed E-state index contributed by atoms with van der Waals surface area (Å²) in [5.74, 6) is 0.344. The summed E-state index contributed by atoms with van der Waals surface area (Å²) >= 11 is 7.04. The molecule has 1 aliphatic heterocycles. The van der Waals surface area contributed by atoms with Gasteiger partial charge in [0.05, 0.1) is 11.6 Å². The van der Waals surface area contributed by atoms with E-state index in [2.05, 4.69) is 0 Å². The van der Waals surface area contributed by atoms with Gasteiger partial charge in [0.2, 0.25) is 0 Å². The fourth-order valence-electron chi connectivity index (χ4n) is 2.58. The second-order valence-electron chi connectivity index (χ2n) is 5.02. The van der Waals surface area contributed by atoms with Gasteiger partial charge < -0.3 is 0 Å². The van der Waals surface area contributed by atoms with Crippen molar-refractivity contribution in [3.63, 3.8) is 0 Å². The Bertz CT molecular complexity index is 740. The minimum absolute atomic E-state index is 0.344. The molecule has 0 bridgehead atoms. The number of alkyl halides is 1. The average molecular weight is 342 g/mol. The zero-order valence-electron chi connectivity index (χ0n) is 11.5. The minimum Gasteiger partial charge on any atom is -0.265 e. The van der Waals surface area contributed by atoms with Crippen LogP contribution in [0.2, 0.25) is 0 Å². The molecule has 0 saturated heterocycles. The van der Waals surface area contributed by atoms with Gasteiger partial charge >= 0.3 is 0 Å². The van der Waals surface area contributed by atoms with Gasteiger partial charge in [-0.1, -0.05) is 18.2 Å². The van der Waals surface area contributed by atoms with Gasteiger partial charge in [0, 0.05) is 11.4 Å². The smallest absolute Gasteiger partial charge is 0.265 e. The number of thiophene rings is 1. The predicted octanol–water partition coefficient (Wildman–Crippen LogP) is 4.02. The summed E-state index contributed by atoms with van der Waals surface area (Å²) in [6.45, 7) is 0.535. The first kappa shape index (κ1) is 14.9. The molecule has 1 aromatic carbocycles. The molecule has 0 atom stereocenters. The maximum atomic E-state index is 12.9. The molecule has 6 heteroatoms. The lowest BCUT2D eigenvalue weighted by molar-refractivity contribution is 0.591. The van der Waals surface area contributed by atoms with Crippen LogP contribution in [0.1, 0.15) is 23.3 Å². The van der Waals surface area contributed by atoms with E-state index in [0.717, 1.165) is 35.4 Å². The van der Waals surface area contributed by atoms with Crippen molar-refractivity contribution in [2.75, 3.05) is 10.8 Å². The van der Waals surface area contributed by atoms with E-state index in [-0.39, 0.29) is 0 Å². The Labute approximate surface area is 134 Å². The van der Waals surface area contributed by atoms with E-state index in [1.165, 1.54) is 11.3 Å².